The third-order valence-electron chi connectivity index (χ3n) is 2.59. The zero-order chi connectivity index (χ0) is 11.9. The van der Waals surface area contributed by atoms with Gasteiger partial charge in [-0.25, -0.2) is 0 Å². The first-order chi connectivity index (χ1) is 7.91. The normalized spacial score (nSPS) is 10.8. The van der Waals surface area contributed by atoms with E-state index >= 15 is 0 Å². The molecule has 0 aliphatic rings. The van der Waals surface area contributed by atoms with Gasteiger partial charge >= 0.3 is 0 Å². The molecule has 0 rings (SSSR count). The van der Waals surface area contributed by atoms with Crippen LogP contribution in [0.15, 0.2) is 12.2 Å². The van der Waals surface area contributed by atoms with E-state index in [1.807, 2.05) is 0 Å². The van der Waals surface area contributed by atoms with Crippen molar-refractivity contribution in [2.45, 2.75) is 64.7 Å². The fourth-order valence-corrected chi connectivity index (χ4v) is 1.60. The monoisotopic (exact) mass is 226 g/mol. The second-order valence-electron chi connectivity index (χ2n) is 4.14. The minimum atomic E-state index is 0.527. The van der Waals surface area contributed by atoms with Crippen LogP contribution in [0.3, 0.4) is 0 Å². The van der Waals surface area contributed by atoms with Crippen molar-refractivity contribution in [3.8, 4) is 0 Å². The van der Waals surface area contributed by atoms with Gasteiger partial charge in [-0.2, -0.15) is 0 Å². The van der Waals surface area contributed by atoms with Crippen LogP contribution in [0.5, 0.6) is 0 Å². The quantitative estimate of drug-likeness (QED) is 0.282. The predicted octanol–water partition coefficient (Wildman–Crippen LogP) is 4.25. The van der Waals surface area contributed by atoms with Gasteiger partial charge < -0.3 is 4.74 Å². The number of hydrogen-bond acceptors (Lipinski definition) is 2. The number of ether oxygens (including phenoxy) is 1. The molecule has 16 heavy (non-hydrogen) atoms. The summed E-state index contributed by atoms with van der Waals surface area (Å²) >= 11 is 0. The van der Waals surface area contributed by atoms with Gasteiger partial charge in [0.05, 0.1) is 6.61 Å². The van der Waals surface area contributed by atoms with E-state index in [9.17, 15) is 4.79 Å². The Kier molecular flexibility index (Phi) is 13.5. The highest BCUT2D eigenvalue weighted by atomic mass is 16.5. The van der Waals surface area contributed by atoms with Crippen LogP contribution < -0.4 is 0 Å². The molecule has 0 bridgehead atoms. The molecule has 0 aromatic rings. The van der Waals surface area contributed by atoms with Crippen molar-refractivity contribution in [1.29, 1.82) is 0 Å². The topological polar surface area (TPSA) is 26.3 Å². The van der Waals surface area contributed by atoms with E-state index in [0.717, 1.165) is 12.8 Å². The van der Waals surface area contributed by atoms with Gasteiger partial charge in [-0.1, -0.05) is 44.8 Å². The summed E-state index contributed by atoms with van der Waals surface area (Å²) in [4.78, 5) is 9.86. The van der Waals surface area contributed by atoms with Gasteiger partial charge in [-0.05, 0) is 32.1 Å². The lowest BCUT2D eigenvalue weighted by molar-refractivity contribution is -0.128. The maximum Gasteiger partial charge on any atom is 0.293 e. The van der Waals surface area contributed by atoms with E-state index in [1.54, 1.807) is 0 Å². The lowest BCUT2D eigenvalue weighted by Crippen LogP contribution is -1.90. The smallest absolute Gasteiger partial charge is 0.293 e. The summed E-state index contributed by atoms with van der Waals surface area (Å²) < 4.78 is 4.62. The van der Waals surface area contributed by atoms with Crippen LogP contribution in [0.1, 0.15) is 64.7 Å². The summed E-state index contributed by atoms with van der Waals surface area (Å²) in [6.07, 6.45) is 15.7. The molecule has 0 spiro atoms. The molecule has 0 fully saturated rings. The van der Waals surface area contributed by atoms with Crippen LogP contribution in [0.25, 0.3) is 0 Å². The summed E-state index contributed by atoms with van der Waals surface area (Å²) in [5.41, 5.74) is 0. The SMILES string of the molecule is CCCCCC=CCCCCCCOC=O. The molecular formula is C14H26O2. The molecule has 0 aliphatic carbocycles. The molecule has 0 unspecified atom stereocenters. The Morgan fingerprint density at radius 2 is 1.50 bits per heavy atom. The molecular weight excluding hydrogens is 200 g/mol. The van der Waals surface area contributed by atoms with Crippen molar-refractivity contribution in [3.63, 3.8) is 0 Å². The van der Waals surface area contributed by atoms with E-state index < -0.39 is 0 Å². The minimum Gasteiger partial charge on any atom is -0.468 e. The van der Waals surface area contributed by atoms with Crippen molar-refractivity contribution in [2.75, 3.05) is 6.61 Å². The van der Waals surface area contributed by atoms with Crippen molar-refractivity contribution >= 4 is 6.47 Å². The number of unbranched alkanes of at least 4 members (excludes halogenated alkanes) is 7. The van der Waals surface area contributed by atoms with Gasteiger partial charge in [0.1, 0.15) is 0 Å². The van der Waals surface area contributed by atoms with Gasteiger partial charge in [0.25, 0.3) is 6.47 Å². The molecule has 0 atom stereocenters. The summed E-state index contributed by atoms with van der Waals surface area (Å²) in [6, 6.07) is 0. The van der Waals surface area contributed by atoms with Crippen LogP contribution in [0.2, 0.25) is 0 Å². The number of allylic oxidation sites excluding steroid dienone is 2. The average molecular weight is 226 g/mol. The standard InChI is InChI=1S/C14H26O2/c1-2-3-4-5-6-7-8-9-10-11-12-13-16-14-15/h6-7,14H,2-5,8-13H2,1H3. The van der Waals surface area contributed by atoms with Crippen LogP contribution in [-0.2, 0) is 9.53 Å². The fraction of sp³-hybridized carbons (Fsp3) is 0.786. The van der Waals surface area contributed by atoms with Crippen molar-refractivity contribution in [1.82, 2.24) is 0 Å². The van der Waals surface area contributed by atoms with Crippen LogP contribution in [-0.4, -0.2) is 13.1 Å². The van der Waals surface area contributed by atoms with Gasteiger partial charge in [0.2, 0.25) is 0 Å². The molecule has 0 amide bonds. The van der Waals surface area contributed by atoms with Crippen LogP contribution >= 0.6 is 0 Å². The van der Waals surface area contributed by atoms with Gasteiger partial charge in [-0.15, -0.1) is 0 Å². The molecule has 0 radical (unpaired) electrons. The highest BCUT2D eigenvalue weighted by Gasteiger charge is 1.89. The van der Waals surface area contributed by atoms with E-state index in [-0.39, 0.29) is 0 Å². The lowest BCUT2D eigenvalue weighted by atomic mass is 10.1. The molecule has 0 N–H and O–H groups in total. The Morgan fingerprint density at radius 1 is 0.875 bits per heavy atom. The molecule has 2 nitrogen and oxygen atoms in total. The van der Waals surface area contributed by atoms with Crippen molar-refractivity contribution < 1.29 is 9.53 Å². The van der Waals surface area contributed by atoms with Gasteiger partial charge in [0, 0.05) is 0 Å². The van der Waals surface area contributed by atoms with E-state index in [2.05, 4.69) is 23.8 Å². The van der Waals surface area contributed by atoms with E-state index in [0.29, 0.717) is 13.1 Å². The Morgan fingerprint density at radius 3 is 2.12 bits per heavy atom. The lowest BCUT2D eigenvalue weighted by Gasteiger charge is -1.98. The minimum absolute atomic E-state index is 0.527. The fourth-order valence-electron chi connectivity index (χ4n) is 1.60. The number of rotatable bonds is 12. The molecule has 0 aromatic heterocycles. The summed E-state index contributed by atoms with van der Waals surface area (Å²) in [5, 5.41) is 0. The highest BCUT2D eigenvalue weighted by Crippen LogP contribution is 2.05. The maximum absolute atomic E-state index is 9.86. The Balaban J connectivity index is 2.99. The van der Waals surface area contributed by atoms with Gasteiger partial charge in [0.15, 0.2) is 0 Å². The first kappa shape index (κ1) is 15.2. The van der Waals surface area contributed by atoms with Crippen LogP contribution in [0, 0.1) is 0 Å². The number of carbonyl (C=O) groups is 1. The molecule has 0 aromatic carbocycles. The Hall–Kier alpha value is -0.790. The molecule has 0 heterocycles. The zero-order valence-electron chi connectivity index (χ0n) is 10.6. The predicted molar refractivity (Wildman–Crippen MR) is 68.4 cm³/mol. The molecule has 0 saturated carbocycles. The molecule has 0 saturated heterocycles. The molecule has 94 valence electrons. The average Bonchev–Trinajstić information content (AvgIpc) is 2.31. The second kappa shape index (κ2) is 14.2. The first-order valence-electron chi connectivity index (χ1n) is 6.62. The third kappa shape index (κ3) is 13.2. The molecule has 0 aliphatic heterocycles. The Labute approximate surface area is 100 Å². The summed E-state index contributed by atoms with van der Waals surface area (Å²) in [5.74, 6) is 0. The highest BCUT2D eigenvalue weighted by molar-refractivity contribution is 5.36. The van der Waals surface area contributed by atoms with Gasteiger partial charge in [-0.3, -0.25) is 4.79 Å². The van der Waals surface area contributed by atoms with Crippen molar-refractivity contribution in [2.24, 2.45) is 0 Å². The van der Waals surface area contributed by atoms with Crippen molar-refractivity contribution in [3.05, 3.63) is 12.2 Å². The first-order valence-corrected chi connectivity index (χ1v) is 6.62. The number of hydrogen-bond donors (Lipinski definition) is 0. The maximum atomic E-state index is 9.86. The largest absolute Gasteiger partial charge is 0.468 e. The van der Waals surface area contributed by atoms with E-state index in [4.69, 9.17) is 0 Å². The summed E-state index contributed by atoms with van der Waals surface area (Å²) in [7, 11) is 0. The number of carbonyl (C=O) groups excluding carboxylic acids is 1. The van der Waals surface area contributed by atoms with Crippen LogP contribution in [0.4, 0.5) is 0 Å². The summed E-state index contributed by atoms with van der Waals surface area (Å²) in [6.45, 7) is 3.34. The van der Waals surface area contributed by atoms with E-state index in [1.165, 1.54) is 44.9 Å². The Bertz CT molecular complexity index is 164. The third-order valence-corrected chi connectivity index (χ3v) is 2.59. The molecule has 2 heteroatoms. The second-order valence-corrected chi connectivity index (χ2v) is 4.14. The zero-order valence-corrected chi connectivity index (χ0v) is 10.6.